The van der Waals surface area contributed by atoms with Crippen LogP contribution in [0.5, 0.6) is 5.75 Å². The lowest BCUT2D eigenvalue weighted by molar-refractivity contribution is -0.133. The lowest BCUT2D eigenvalue weighted by Crippen LogP contribution is -2.38. The lowest BCUT2D eigenvalue weighted by atomic mass is 9.89. The minimum absolute atomic E-state index is 0.309. The minimum Gasteiger partial charge on any atom is -0.508 e. The summed E-state index contributed by atoms with van der Waals surface area (Å²) in [5.41, 5.74) is 1.27. The minimum atomic E-state index is 0.309. The van der Waals surface area contributed by atoms with Gasteiger partial charge in [0.05, 0.1) is 0 Å². The number of carbonyl (C=O) groups is 1. The molecule has 0 radical (unpaired) electrons. The van der Waals surface area contributed by atoms with Gasteiger partial charge in [-0.15, -0.1) is 0 Å². The predicted molar refractivity (Wildman–Crippen MR) is 80.7 cm³/mol. The first-order valence-electron chi connectivity index (χ1n) is 7.66. The number of carbonyl (C=O) groups excluding carboxylic acids is 1. The van der Waals surface area contributed by atoms with Crippen LogP contribution in [0.3, 0.4) is 0 Å². The number of aromatic hydroxyl groups is 1. The summed E-state index contributed by atoms with van der Waals surface area (Å²) < 4.78 is 0. The van der Waals surface area contributed by atoms with Crippen molar-refractivity contribution in [1.82, 2.24) is 4.90 Å². The van der Waals surface area contributed by atoms with Crippen LogP contribution in [-0.4, -0.2) is 29.0 Å². The third-order valence-electron chi connectivity index (χ3n) is 4.43. The van der Waals surface area contributed by atoms with Crippen molar-refractivity contribution < 1.29 is 9.90 Å². The van der Waals surface area contributed by atoms with Gasteiger partial charge in [-0.05, 0) is 42.4 Å². The van der Waals surface area contributed by atoms with Gasteiger partial charge in [0.15, 0.2) is 0 Å². The van der Waals surface area contributed by atoms with Crippen LogP contribution in [0, 0.1) is 5.92 Å². The molecule has 1 aliphatic heterocycles. The van der Waals surface area contributed by atoms with E-state index in [2.05, 4.69) is 13.8 Å². The highest BCUT2D eigenvalue weighted by molar-refractivity contribution is 5.76. The average Bonchev–Trinajstić information content (AvgIpc) is 2.48. The molecule has 1 fully saturated rings. The molecule has 1 atom stereocenters. The number of piperidine rings is 1. The summed E-state index contributed by atoms with van der Waals surface area (Å²) in [6, 6.07) is 7.48. The van der Waals surface area contributed by atoms with Crippen molar-refractivity contribution in [3.8, 4) is 5.75 Å². The maximum absolute atomic E-state index is 12.1. The van der Waals surface area contributed by atoms with Gasteiger partial charge in [-0.2, -0.15) is 0 Å². The summed E-state index contributed by atoms with van der Waals surface area (Å²) in [5.74, 6) is 1.62. The Morgan fingerprint density at radius 2 is 1.90 bits per heavy atom. The quantitative estimate of drug-likeness (QED) is 0.913. The number of rotatable bonds is 4. The maximum Gasteiger partial charge on any atom is 0.222 e. The zero-order valence-electron chi connectivity index (χ0n) is 12.5. The normalized spacial score (nSPS) is 18.0. The molecule has 20 heavy (non-hydrogen) atoms. The van der Waals surface area contributed by atoms with Crippen molar-refractivity contribution in [2.24, 2.45) is 5.92 Å². The number of likely N-dealkylation sites (tertiary alicyclic amines) is 1. The summed E-state index contributed by atoms with van der Waals surface area (Å²) in [6.07, 6.45) is 3.80. The number of hydrogen-bond acceptors (Lipinski definition) is 2. The molecular weight excluding hydrogens is 250 g/mol. The van der Waals surface area contributed by atoms with E-state index in [-0.39, 0.29) is 0 Å². The molecule has 3 heteroatoms. The molecule has 3 nitrogen and oxygen atoms in total. The van der Waals surface area contributed by atoms with Gasteiger partial charge in [-0.1, -0.05) is 32.4 Å². The smallest absolute Gasteiger partial charge is 0.222 e. The monoisotopic (exact) mass is 275 g/mol. The van der Waals surface area contributed by atoms with Gasteiger partial charge in [0.2, 0.25) is 5.91 Å². The van der Waals surface area contributed by atoms with Crippen LogP contribution in [0.15, 0.2) is 24.3 Å². The summed E-state index contributed by atoms with van der Waals surface area (Å²) >= 11 is 0. The van der Waals surface area contributed by atoms with E-state index in [1.54, 1.807) is 12.1 Å². The number of hydrogen-bond donors (Lipinski definition) is 1. The number of phenols is 1. The second kappa shape index (κ2) is 6.78. The molecule has 1 saturated heterocycles. The topological polar surface area (TPSA) is 40.5 Å². The van der Waals surface area contributed by atoms with Gasteiger partial charge in [0.1, 0.15) is 5.75 Å². The van der Waals surface area contributed by atoms with E-state index in [4.69, 9.17) is 0 Å². The Hall–Kier alpha value is -1.51. The fourth-order valence-corrected chi connectivity index (χ4v) is 2.78. The number of benzene rings is 1. The Bertz CT molecular complexity index is 433. The van der Waals surface area contributed by atoms with Crippen LogP contribution in [0.1, 0.15) is 51.0 Å². The first-order chi connectivity index (χ1) is 9.60. The molecule has 0 spiro atoms. The fraction of sp³-hybridized carbons (Fsp3) is 0.588. The SMILES string of the molecule is CCC(C)CC(=O)N1CCC(c2ccc(O)cc2)CC1. The molecule has 1 amide bonds. The number of amides is 1. The molecule has 1 aromatic rings. The molecular formula is C17H25NO2. The van der Waals surface area contributed by atoms with Gasteiger partial charge in [-0.25, -0.2) is 0 Å². The third-order valence-corrected chi connectivity index (χ3v) is 4.43. The van der Waals surface area contributed by atoms with Crippen LogP contribution in [-0.2, 0) is 4.79 Å². The number of phenolic OH excluding ortho intramolecular Hbond substituents is 1. The van der Waals surface area contributed by atoms with E-state index < -0.39 is 0 Å². The molecule has 1 unspecified atom stereocenters. The van der Waals surface area contributed by atoms with E-state index in [1.165, 1.54) is 5.56 Å². The molecule has 0 aliphatic carbocycles. The molecule has 1 heterocycles. The highest BCUT2D eigenvalue weighted by Crippen LogP contribution is 2.29. The van der Waals surface area contributed by atoms with Crippen LogP contribution >= 0.6 is 0 Å². The van der Waals surface area contributed by atoms with Gasteiger partial charge >= 0.3 is 0 Å². The van der Waals surface area contributed by atoms with Crippen molar-refractivity contribution in [2.75, 3.05) is 13.1 Å². The van der Waals surface area contributed by atoms with Crippen molar-refractivity contribution >= 4 is 5.91 Å². The molecule has 0 aromatic heterocycles. The Labute approximate surface area is 121 Å². The standard InChI is InChI=1S/C17H25NO2/c1-3-13(2)12-17(20)18-10-8-15(9-11-18)14-4-6-16(19)7-5-14/h4-7,13,15,19H,3,8-12H2,1-2H3. The molecule has 1 aliphatic rings. The Kier molecular flexibility index (Phi) is 5.05. The largest absolute Gasteiger partial charge is 0.508 e. The first kappa shape index (κ1) is 14.9. The average molecular weight is 275 g/mol. The van der Waals surface area contributed by atoms with Gasteiger partial charge in [0, 0.05) is 19.5 Å². The van der Waals surface area contributed by atoms with E-state index in [0.29, 0.717) is 29.9 Å². The van der Waals surface area contributed by atoms with Crippen molar-refractivity contribution in [3.05, 3.63) is 29.8 Å². The summed E-state index contributed by atoms with van der Waals surface area (Å²) in [6.45, 7) is 6.00. The van der Waals surface area contributed by atoms with Crippen molar-refractivity contribution in [3.63, 3.8) is 0 Å². The van der Waals surface area contributed by atoms with E-state index in [9.17, 15) is 9.90 Å². The van der Waals surface area contributed by atoms with Gasteiger partial charge in [0.25, 0.3) is 0 Å². The summed E-state index contributed by atoms with van der Waals surface area (Å²) in [4.78, 5) is 14.2. The van der Waals surface area contributed by atoms with Crippen LogP contribution in [0.2, 0.25) is 0 Å². The summed E-state index contributed by atoms with van der Waals surface area (Å²) in [5, 5.41) is 9.32. The summed E-state index contributed by atoms with van der Waals surface area (Å²) in [7, 11) is 0. The zero-order valence-corrected chi connectivity index (χ0v) is 12.5. The zero-order chi connectivity index (χ0) is 14.5. The van der Waals surface area contributed by atoms with Crippen LogP contribution < -0.4 is 0 Å². The lowest BCUT2D eigenvalue weighted by Gasteiger charge is -2.33. The van der Waals surface area contributed by atoms with E-state index in [0.717, 1.165) is 32.4 Å². The molecule has 0 saturated carbocycles. The van der Waals surface area contributed by atoms with Gasteiger partial charge in [-0.3, -0.25) is 4.79 Å². The molecule has 0 bridgehead atoms. The fourth-order valence-electron chi connectivity index (χ4n) is 2.78. The van der Waals surface area contributed by atoms with Crippen molar-refractivity contribution in [1.29, 1.82) is 0 Å². The molecule has 110 valence electrons. The number of nitrogens with zero attached hydrogens (tertiary/aromatic N) is 1. The predicted octanol–water partition coefficient (Wildman–Crippen LogP) is 3.53. The Morgan fingerprint density at radius 3 is 2.45 bits per heavy atom. The third kappa shape index (κ3) is 3.75. The second-order valence-corrected chi connectivity index (χ2v) is 5.96. The van der Waals surface area contributed by atoms with E-state index in [1.807, 2.05) is 17.0 Å². The van der Waals surface area contributed by atoms with E-state index >= 15 is 0 Å². The van der Waals surface area contributed by atoms with Gasteiger partial charge < -0.3 is 10.0 Å². The molecule has 2 rings (SSSR count). The Balaban J connectivity index is 1.86. The second-order valence-electron chi connectivity index (χ2n) is 5.96. The highest BCUT2D eigenvalue weighted by Gasteiger charge is 2.24. The Morgan fingerprint density at radius 1 is 1.30 bits per heavy atom. The highest BCUT2D eigenvalue weighted by atomic mass is 16.3. The van der Waals surface area contributed by atoms with Crippen LogP contribution in [0.4, 0.5) is 0 Å². The molecule has 1 aromatic carbocycles. The van der Waals surface area contributed by atoms with Crippen molar-refractivity contribution in [2.45, 2.75) is 45.4 Å². The first-order valence-corrected chi connectivity index (χ1v) is 7.66. The maximum atomic E-state index is 12.1. The van der Waals surface area contributed by atoms with Crippen LogP contribution in [0.25, 0.3) is 0 Å². The molecule has 1 N–H and O–H groups in total.